The van der Waals surface area contributed by atoms with E-state index in [4.69, 9.17) is 10.5 Å². The van der Waals surface area contributed by atoms with Gasteiger partial charge >= 0.3 is 0 Å². The Morgan fingerprint density at radius 2 is 1.89 bits per heavy atom. The normalized spacial score (nSPS) is 21.6. The number of aryl methyl sites for hydroxylation is 1. The lowest BCUT2D eigenvalue weighted by Gasteiger charge is -2.30. The Kier molecular flexibility index (Phi) is 3.33. The molecule has 98 valence electrons. The van der Waals surface area contributed by atoms with Gasteiger partial charge < -0.3 is 10.5 Å². The molecule has 3 heteroatoms. The van der Waals surface area contributed by atoms with E-state index in [2.05, 4.69) is 47.1 Å². The minimum Gasteiger partial charge on any atom is -0.485 e. The number of fused-ring (bicyclic) bond motifs is 1. The van der Waals surface area contributed by atoms with Gasteiger partial charge in [0.2, 0.25) is 0 Å². The van der Waals surface area contributed by atoms with Crippen LogP contribution in [0.5, 0.6) is 5.75 Å². The molecule has 0 radical (unpaired) electrons. The zero-order valence-corrected chi connectivity index (χ0v) is 12.4. The fourth-order valence-electron chi connectivity index (χ4n) is 2.46. The highest BCUT2D eigenvalue weighted by Gasteiger charge is 2.27. The first kappa shape index (κ1) is 12.7. The summed E-state index contributed by atoms with van der Waals surface area (Å²) in [6.45, 7) is 2.09. The molecule has 0 saturated heterocycles. The summed E-state index contributed by atoms with van der Waals surface area (Å²) in [6, 6.07) is 14.5. The van der Waals surface area contributed by atoms with Crippen molar-refractivity contribution in [3.8, 4) is 5.75 Å². The molecule has 2 atom stereocenters. The molecule has 2 N–H and O–H groups in total. The summed E-state index contributed by atoms with van der Waals surface area (Å²) < 4.78 is 7.12. The lowest BCUT2D eigenvalue weighted by atomic mass is 9.93. The van der Waals surface area contributed by atoms with Gasteiger partial charge in [-0.15, -0.1) is 0 Å². The maximum absolute atomic E-state index is 6.26. The standard InChI is InChI=1S/C16H16BrNO/c1-10-2-4-11(5-3-10)15-9-14(18)13-7-6-12(17)8-16(13)19-15/h2-8,14-15H,9,18H2,1H3/t14-,15?/m1/s1. The van der Waals surface area contributed by atoms with Crippen LogP contribution >= 0.6 is 15.9 Å². The maximum atomic E-state index is 6.26. The number of nitrogens with two attached hydrogens (primary N) is 1. The van der Waals surface area contributed by atoms with Crippen LogP contribution in [0.1, 0.15) is 35.3 Å². The maximum Gasteiger partial charge on any atom is 0.126 e. The minimum absolute atomic E-state index is 0.0307. The summed E-state index contributed by atoms with van der Waals surface area (Å²) in [7, 11) is 0. The van der Waals surface area contributed by atoms with Crippen molar-refractivity contribution < 1.29 is 4.74 Å². The van der Waals surface area contributed by atoms with Gasteiger partial charge in [-0.05, 0) is 24.6 Å². The van der Waals surface area contributed by atoms with Gasteiger partial charge in [0, 0.05) is 22.5 Å². The quantitative estimate of drug-likeness (QED) is 0.852. The molecule has 2 nitrogen and oxygen atoms in total. The fourth-order valence-corrected chi connectivity index (χ4v) is 2.80. The molecule has 0 fully saturated rings. The zero-order valence-electron chi connectivity index (χ0n) is 10.8. The molecule has 1 unspecified atom stereocenters. The van der Waals surface area contributed by atoms with Crippen LogP contribution < -0.4 is 10.5 Å². The Labute approximate surface area is 121 Å². The van der Waals surface area contributed by atoms with E-state index in [1.165, 1.54) is 11.1 Å². The Morgan fingerprint density at radius 1 is 1.16 bits per heavy atom. The van der Waals surface area contributed by atoms with E-state index in [0.29, 0.717) is 0 Å². The molecule has 0 aliphatic carbocycles. The molecule has 3 rings (SSSR count). The van der Waals surface area contributed by atoms with E-state index in [-0.39, 0.29) is 12.1 Å². The number of rotatable bonds is 1. The van der Waals surface area contributed by atoms with Crippen LogP contribution in [-0.4, -0.2) is 0 Å². The second-order valence-corrected chi connectivity index (χ2v) is 5.96. The van der Waals surface area contributed by atoms with Crippen molar-refractivity contribution >= 4 is 15.9 Å². The molecule has 1 aliphatic rings. The first-order valence-corrected chi connectivity index (χ1v) is 7.21. The number of ether oxygens (including phenoxy) is 1. The molecular weight excluding hydrogens is 302 g/mol. The summed E-state index contributed by atoms with van der Waals surface area (Å²) >= 11 is 3.48. The highest BCUT2D eigenvalue weighted by molar-refractivity contribution is 9.10. The summed E-state index contributed by atoms with van der Waals surface area (Å²) in [6.07, 6.45) is 0.856. The van der Waals surface area contributed by atoms with E-state index < -0.39 is 0 Å². The SMILES string of the molecule is Cc1ccc(C2C[C@@H](N)c3ccc(Br)cc3O2)cc1. The fraction of sp³-hybridized carbons (Fsp3) is 0.250. The molecule has 0 amide bonds. The van der Waals surface area contributed by atoms with Gasteiger partial charge in [0.1, 0.15) is 11.9 Å². The van der Waals surface area contributed by atoms with Gasteiger partial charge in [-0.25, -0.2) is 0 Å². The van der Waals surface area contributed by atoms with Crippen molar-refractivity contribution in [3.05, 3.63) is 63.6 Å². The molecule has 0 aromatic heterocycles. The predicted octanol–water partition coefficient (Wildman–Crippen LogP) is 4.28. The monoisotopic (exact) mass is 317 g/mol. The van der Waals surface area contributed by atoms with Gasteiger partial charge in [0.25, 0.3) is 0 Å². The van der Waals surface area contributed by atoms with Crippen molar-refractivity contribution in [2.45, 2.75) is 25.5 Å². The third-order valence-electron chi connectivity index (χ3n) is 3.56. The Balaban J connectivity index is 1.93. The van der Waals surface area contributed by atoms with Gasteiger partial charge in [-0.1, -0.05) is 51.8 Å². The molecule has 0 bridgehead atoms. The summed E-state index contributed by atoms with van der Waals surface area (Å²) in [4.78, 5) is 0. The molecule has 19 heavy (non-hydrogen) atoms. The molecule has 2 aromatic rings. The van der Waals surface area contributed by atoms with E-state index in [1.54, 1.807) is 0 Å². The second kappa shape index (κ2) is 4.99. The van der Waals surface area contributed by atoms with Gasteiger partial charge in [-0.2, -0.15) is 0 Å². The van der Waals surface area contributed by atoms with Crippen LogP contribution in [0.25, 0.3) is 0 Å². The first-order valence-electron chi connectivity index (χ1n) is 6.42. The van der Waals surface area contributed by atoms with Crippen molar-refractivity contribution in [3.63, 3.8) is 0 Å². The van der Waals surface area contributed by atoms with Crippen LogP contribution in [0, 0.1) is 6.92 Å². The Bertz CT molecular complexity index is 594. The third-order valence-corrected chi connectivity index (χ3v) is 4.05. The van der Waals surface area contributed by atoms with Crippen molar-refractivity contribution in [2.75, 3.05) is 0 Å². The number of halogens is 1. The largest absolute Gasteiger partial charge is 0.485 e. The summed E-state index contributed by atoms with van der Waals surface area (Å²) in [5.41, 5.74) is 9.79. The van der Waals surface area contributed by atoms with E-state index in [0.717, 1.165) is 22.2 Å². The average Bonchev–Trinajstić information content (AvgIpc) is 2.38. The van der Waals surface area contributed by atoms with Crippen molar-refractivity contribution in [1.29, 1.82) is 0 Å². The van der Waals surface area contributed by atoms with Crippen molar-refractivity contribution in [2.24, 2.45) is 5.73 Å². The van der Waals surface area contributed by atoms with E-state index >= 15 is 0 Å². The van der Waals surface area contributed by atoms with Gasteiger partial charge in [0.05, 0.1) is 0 Å². The minimum atomic E-state index is 0.0307. The van der Waals surface area contributed by atoms with Crippen LogP contribution in [0.3, 0.4) is 0 Å². The van der Waals surface area contributed by atoms with Crippen LogP contribution in [0.15, 0.2) is 46.9 Å². The lowest BCUT2D eigenvalue weighted by molar-refractivity contribution is 0.161. The lowest BCUT2D eigenvalue weighted by Crippen LogP contribution is -2.24. The molecule has 1 heterocycles. The highest BCUT2D eigenvalue weighted by Crippen LogP contribution is 2.40. The van der Waals surface area contributed by atoms with Crippen LogP contribution in [0.2, 0.25) is 0 Å². The van der Waals surface area contributed by atoms with Crippen LogP contribution in [-0.2, 0) is 0 Å². The predicted molar refractivity (Wildman–Crippen MR) is 80.2 cm³/mol. The van der Waals surface area contributed by atoms with E-state index in [9.17, 15) is 0 Å². The second-order valence-electron chi connectivity index (χ2n) is 5.04. The van der Waals surface area contributed by atoms with Crippen molar-refractivity contribution in [1.82, 2.24) is 0 Å². The molecular formula is C16H16BrNO. The molecule has 1 aliphatic heterocycles. The Hall–Kier alpha value is -1.32. The summed E-state index contributed by atoms with van der Waals surface area (Å²) in [5, 5.41) is 0. The molecule has 2 aromatic carbocycles. The Morgan fingerprint density at radius 3 is 2.63 bits per heavy atom. The van der Waals surface area contributed by atoms with Gasteiger partial charge in [-0.3, -0.25) is 0 Å². The van der Waals surface area contributed by atoms with Gasteiger partial charge in [0.15, 0.2) is 0 Å². The molecule has 0 saturated carbocycles. The molecule has 0 spiro atoms. The number of benzene rings is 2. The third kappa shape index (κ3) is 2.53. The highest BCUT2D eigenvalue weighted by atomic mass is 79.9. The smallest absolute Gasteiger partial charge is 0.126 e. The number of hydrogen-bond acceptors (Lipinski definition) is 2. The first-order chi connectivity index (χ1) is 9.13. The summed E-state index contributed by atoms with van der Waals surface area (Å²) in [5.74, 6) is 0.888. The number of hydrogen-bond donors (Lipinski definition) is 1. The van der Waals surface area contributed by atoms with E-state index in [1.807, 2.05) is 18.2 Å². The average molecular weight is 318 g/mol. The zero-order chi connectivity index (χ0) is 13.4. The topological polar surface area (TPSA) is 35.2 Å². The van der Waals surface area contributed by atoms with Crippen LogP contribution in [0.4, 0.5) is 0 Å².